The van der Waals surface area contributed by atoms with Gasteiger partial charge in [-0.05, 0) is 13.3 Å². The first kappa shape index (κ1) is 10.1. The summed E-state index contributed by atoms with van der Waals surface area (Å²) in [5.74, 6) is 0. The van der Waals surface area contributed by atoms with Crippen LogP contribution in [0.15, 0.2) is 0 Å². The Bertz CT molecular complexity index is 83.8. The zero-order chi connectivity index (χ0) is 6.69. The van der Waals surface area contributed by atoms with Crippen molar-refractivity contribution in [2.45, 2.75) is 25.6 Å². The van der Waals surface area contributed by atoms with Crippen molar-refractivity contribution in [2.24, 2.45) is 5.73 Å². The summed E-state index contributed by atoms with van der Waals surface area (Å²) in [5.41, 5.74) is 5.51. The van der Waals surface area contributed by atoms with Gasteiger partial charge in [0.05, 0.1) is 12.8 Å². The summed E-state index contributed by atoms with van der Waals surface area (Å²) < 4.78 is 5.14. The van der Waals surface area contributed by atoms with E-state index in [1.807, 2.05) is 6.92 Å². The Morgan fingerprint density at radius 2 is 2.40 bits per heavy atom. The highest BCUT2D eigenvalue weighted by Gasteiger charge is 2.15. The van der Waals surface area contributed by atoms with Crippen LogP contribution in [0.1, 0.15) is 13.3 Å². The fourth-order valence-corrected chi connectivity index (χ4v) is 1.04. The Balaban J connectivity index is 0.000000810. The molecular formula is C6H14N2OSi. The van der Waals surface area contributed by atoms with Gasteiger partial charge in [-0.3, -0.25) is 5.32 Å². The molecule has 1 fully saturated rings. The van der Waals surface area contributed by atoms with Crippen molar-refractivity contribution in [3.05, 3.63) is 0 Å². The molecule has 0 aromatic rings. The molecule has 1 heterocycles. The van der Waals surface area contributed by atoms with Gasteiger partial charge in [0.2, 0.25) is 0 Å². The van der Waals surface area contributed by atoms with Crippen LogP contribution in [-0.4, -0.2) is 36.4 Å². The molecule has 1 aliphatic rings. The second kappa shape index (κ2) is 4.84. The first-order chi connectivity index (χ1) is 4.29. The first-order valence-electron chi connectivity index (χ1n) is 3.38. The summed E-state index contributed by atoms with van der Waals surface area (Å²) in [5, 5.41) is 3.19. The second-order valence-corrected chi connectivity index (χ2v) is 2.52. The number of ether oxygens (including phenoxy) is 1. The van der Waals surface area contributed by atoms with Crippen LogP contribution in [0, 0.1) is 0 Å². The molecule has 1 aliphatic heterocycles. The van der Waals surface area contributed by atoms with Crippen molar-refractivity contribution in [1.29, 1.82) is 0 Å². The van der Waals surface area contributed by atoms with Gasteiger partial charge < -0.3 is 10.5 Å². The molecule has 4 radical (unpaired) electrons. The first-order valence-corrected chi connectivity index (χ1v) is 3.38. The summed E-state index contributed by atoms with van der Waals surface area (Å²) in [4.78, 5) is 0. The van der Waals surface area contributed by atoms with E-state index in [0.29, 0.717) is 6.04 Å². The number of hydrogen-bond acceptors (Lipinski definition) is 3. The molecule has 0 bridgehead atoms. The third-order valence-electron chi connectivity index (χ3n) is 1.43. The molecule has 1 saturated heterocycles. The quantitative estimate of drug-likeness (QED) is 0.412. The van der Waals surface area contributed by atoms with Crippen molar-refractivity contribution in [3.8, 4) is 0 Å². The lowest BCUT2D eigenvalue weighted by Gasteiger charge is -2.12. The van der Waals surface area contributed by atoms with Crippen molar-refractivity contribution >= 4 is 11.0 Å². The van der Waals surface area contributed by atoms with Crippen LogP contribution in [0.25, 0.3) is 0 Å². The van der Waals surface area contributed by atoms with Crippen molar-refractivity contribution in [1.82, 2.24) is 5.32 Å². The minimum atomic E-state index is 0. The van der Waals surface area contributed by atoms with E-state index in [2.05, 4.69) is 5.32 Å². The maximum absolute atomic E-state index is 5.51. The Morgan fingerprint density at radius 3 is 2.80 bits per heavy atom. The van der Waals surface area contributed by atoms with Crippen LogP contribution >= 0.6 is 0 Å². The van der Waals surface area contributed by atoms with Gasteiger partial charge in [-0.2, -0.15) is 0 Å². The Hall–Kier alpha value is 0.0969. The van der Waals surface area contributed by atoms with E-state index >= 15 is 0 Å². The molecule has 0 aromatic carbocycles. The monoisotopic (exact) mass is 158 g/mol. The Kier molecular flexibility index (Phi) is 4.89. The summed E-state index contributed by atoms with van der Waals surface area (Å²) in [7, 11) is 0. The van der Waals surface area contributed by atoms with Gasteiger partial charge in [0, 0.05) is 23.6 Å². The van der Waals surface area contributed by atoms with E-state index < -0.39 is 0 Å². The van der Waals surface area contributed by atoms with Gasteiger partial charge in [-0.1, -0.05) is 0 Å². The number of rotatable bonds is 2. The molecule has 0 amide bonds. The van der Waals surface area contributed by atoms with Gasteiger partial charge in [0.25, 0.3) is 0 Å². The molecule has 0 aromatic heterocycles. The average molecular weight is 158 g/mol. The zero-order valence-electron chi connectivity index (χ0n) is 6.26. The lowest BCUT2D eigenvalue weighted by atomic mass is 10.2. The van der Waals surface area contributed by atoms with Crippen LogP contribution in [0.2, 0.25) is 0 Å². The third kappa shape index (κ3) is 3.31. The third-order valence-corrected chi connectivity index (χ3v) is 1.43. The van der Waals surface area contributed by atoms with E-state index in [1.54, 1.807) is 0 Å². The largest absolute Gasteiger partial charge is 0.380 e. The predicted octanol–water partition coefficient (Wildman–Crippen LogP) is -0.711. The SMILES string of the molecule is CC(N)NC1CCOC1.[Si]. The fourth-order valence-electron chi connectivity index (χ4n) is 1.04. The highest BCUT2D eigenvalue weighted by molar-refractivity contribution is 5.75. The number of hydrogen-bond donors (Lipinski definition) is 2. The fraction of sp³-hybridized carbons (Fsp3) is 1.00. The van der Waals surface area contributed by atoms with E-state index in [-0.39, 0.29) is 17.1 Å². The molecule has 2 atom stereocenters. The molecule has 4 heteroatoms. The molecule has 2 unspecified atom stereocenters. The molecule has 0 aliphatic carbocycles. The lowest BCUT2D eigenvalue weighted by molar-refractivity contribution is 0.188. The standard InChI is InChI=1S/C6H14N2O.Si/c1-5(7)8-6-2-3-9-4-6;/h5-6,8H,2-4,7H2,1H3;. The van der Waals surface area contributed by atoms with Gasteiger partial charge in [-0.25, -0.2) is 0 Å². The molecule has 10 heavy (non-hydrogen) atoms. The topological polar surface area (TPSA) is 47.3 Å². The minimum absolute atomic E-state index is 0. The normalized spacial score (nSPS) is 27.6. The van der Waals surface area contributed by atoms with Crippen LogP contribution < -0.4 is 11.1 Å². The van der Waals surface area contributed by atoms with Gasteiger partial charge in [-0.15, -0.1) is 0 Å². The molecule has 0 saturated carbocycles. The minimum Gasteiger partial charge on any atom is -0.380 e. The Labute approximate surface area is 66.3 Å². The van der Waals surface area contributed by atoms with Gasteiger partial charge in [0.1, 0.15) is 0 Å². The van der Waals surface area contributed by atoms with Crippen molar-refractivity contribution < 1.29 is 4.74 Å². The molecule has 3 nitrogen and oxygen atoms in total. The summed E-state index contributed by atoms with van der Waals surface area (Å²) in [6.07, 6.45) is 1.19. The molecular weight excluding hydrogens is 144 g/mol. The van der Waals surface area contributed by atoms with E-state index in [1.165, 1.54) is 0 Å². The lowest BCUT2D eigenvalue weighted by Crippen LogP contribution is -2.42. The highest BCUT2D eigenvalue weighted by Crippen LogP contribution is 2.02. The van der Waals surface area contributed by atoms with Crippen molar-refractivity contribution in [3.63, 3.8) is 0 Å². The maximum atomic E-state index is 5.51. The molecule has 3 N–H and O–H groups in total. The smallest absolute Gasteiger partial charge is 0.0621 e. The van der Waals surface area contributed by atoms with E-state index in [9.17, 15) is 0 Å². The van der Waals surface area contributed by atoms with Gasteiger partial charge >= 0.3 is 0 Å². The zero-order valence-corrected chi connectivity index (χ0v) is 7.26. The molecule has 0 spiro atoms. The molecule has 1 rings (SSSR count). The maximum Gasteiger partial charge on any atom is 0.0621 e. The predicted molar refractivity (Wildman–Crippen MR) is 41.8 cm³/mol. The van der Waals surface area contributed by atoms with E-state index in [4.69, 9.17) is 10.5 Å². The summed E-state index contributed by atoms with van der Waals surface area (Å²) in [6.45, 7) is 3.64. The molecule has 58 valence electrons. The highest BCUT2D eigenvalue weighted by atomic mass is 28.1. The number of nitrogens with two attached hydrogens (primary N) is 1. The van der Waals surface area contributed by atoms with Crippen LogP contribution in [0.4, 0.5) is 0 Å². The average Bonchev–Trinajstić information content (AvgIpc) is 2.15. The van der Waals surface area contributed by atoms with Gasteiger partial charge in [0.15, 0.2) is 0 Å². The second-order valence-electron chi connectivity index (χ2n) is 2.52. The van der Waals surface area contributed by atoms with Crippen molar-refractivity contribution in [2.75, 3.05) is 13.2 Å². The summed E-state index contributed by atoms with van der Waals surface area (Å²) >= 11 is 0. The Morgan fingerprint density at radius 1 is 1.70 bits per heavy atom. The van der Waals surface area contributed by atoms with E-state index in [0.717, 1.165) is 19.6 Å². The summed E-state index contributed by atoms with van der Waals surface area (Å²) in [6, 6.07) is 0.491. The van der Waals surface area contributed by atoms with Crippen LogP contribution in [-0.2, 0) is 4.74 Å². The number of nitrogens with one attached hydrogen (secondary N) is 1. The van der Waals surface area contributed by atoms with Crippen LogP contribution in [0.3, 0.4) is 0 Å². The van der Waals surface area contributed by atoms with Crippen LogP contribution in [0.5, 0.6) is 0 Å².